The van der Waals surface area contributed by atoms with Crippen LogP contribution in [0.2, 0.25) is 0 Å². The van der Waals surface area contributed by atoms with Crippen molar-refractivity contribution in [2.24, 2.45) is 0 Å². The van der Waals surface area contributed by atoms with Gasteiger partial charge in [-0.1, -0.05) is 12.1 Å². The van der Waals surface area contributed by atoms with Crippen molar-refractivity contribution in [3.63, 3.8) is 0 Å². The number of aromatic amines is 1. The lowest BCUT2D eigenvalue weighted by molar-refractivity contribution is -0.133. The van der Waals surface area contributed by atoms with E-state index in [2.05, 4.69) is 9.97 Å². The molecule has 140 valence electrons. The number of para-hydroxylation sites is 1. The first kappa shape index (κ1) is 18.3. The number of hydrogen-bond donors (Lipinski definition) is 1. The van der Waals surface area contributed by atoms with Gasteiger partial charge in [0.2, 0.25) is 0 Å². The first-order chi connectivity index (χ1) is 12.5. The van der Waals surface area contributed by atoms with Crippen LogP contribution in [0, 0.1) is 5.82 Å². The maximum absolute atomic E-state index is 13.5. The van der Waals surface area contributed by atoms with Crippen LogP contribution in [-0.2, 0) is 14.8 Å². The number of carbonyl (C=O) groups excluding carboxylic acids is 1. The van der Waals surface area contributed by atoms with E-state index in [1.807, 2.05) is 0 Å². The molecule has 1 amide bonds. The minimum absolute atomic E-state index is 0.0131. The van der Waals surface area contributed by atoms with Crippen LogP contribution >= 0.6 is 0 Å². The summed E-state index contributed by atoms with van der Waals surface area (Å²) in [5.41, 5.74) is 0. The SMILES string of the molecule is O=C(COc1ccccc1F)N1CCCN(S(=O)(=O)c2cnc[nH]2)CC1. The highest BCUT2D eigenvalue weighted by Gasteiger charge is 2.29. The van der Waals surface area contributed by atoms with Gasteiger partial charge in [-0.05, 0) is 18.6 Å². The Balaban J connectivity index is 1.58. The number of hydrogen-bond acceptors (Lipinski definition) is 5. The normalized spacial score (nSPS) is 16.3. The zero-order valence-corrected chi connectivity index (χ0v) is 14.8. The Kier molecular flexibility index (Phi) is 5.52. The summed E-state index contributed by atoms with van der Waals surface area (Å²) in [5, 5.41) is 0.0279. The van der Waals surface area contributed by atoms with E-state index in [0.29, 0.717) is 19.5 Å². The minimum Gasteiger partial charge on any atom is -0.481 e. The summed E-state index contributed by atoms with van der Waals surface area (Å²) in [7, 11) is -3.66. The van der Waals surface area contributed by atoms with Gasteiger partial charge in [-0.15, -0.1) is 0 Å². The third-order valence-corrected chi connectivity index (χ3v) is 5.91. The van der Waals surface area contributed by atoms with Gasteiger partial charge in [-0.25, -0.2) is 17.8 Å². The predicted molar refractivity (Wildman–Crippen MR) is 90.4 cm³/mol. The molecule has 0 aliphatic carbocycles. The molecule has 2 aromatic rings. The molecule has 1 saturated heterocycles. The Labute approximate surface area is 150 Å². The van der Waals surface area contributed by atoms with Crippen molar-refractivity contribution in [2.75, 3.05) is 32.8 Å². The van der Waals surface area contributed by atoms with Crippen LogP contribution < -0.4 is 4.74 Å². The maximum Gasteiger partial charge on any atom is 0.260 e. The lowest BCUT2D eigenvalue weighted by Gasteiger charge is -2.21. The number of nitrogens with one attached hydrogen (secondary N) is 1. The maximum atomic E-state index is 13.5. The number of aromatic nitrogens is 2. The molecule has 0 bridgehead atoms. The van der Waals surface area contributed by atoms with Gasteiger partial charge < -0.3 is 14.6 Å². The van der Waals surface area contributed by atoms with E-state index in [1.54, 1.807) is 6.07 Å². The molecular formula is C16H19FN4O4S. The van der Waals surface area contributed by atoms with Crippen LogP contribution in [0.3, 0.4) is 0 Å². The molecule has 1 aromatic heterocycles. The molecule has 0 unspecified atom stereocenters. The number of carbonyl (C=O) groups is 1. The number of imidazole rings is 1. The molecule has 1 aliphatic rings. The van der Waals surface area contributed by atoms with Crippen molar-refractivity contribution in [3.8, 4) is 5.75 Å². The van der Waals surface area contributed by atoms with Gasteiger partial charge in [0.25, 0.3) is 15.9 Å². The molecule has 1 aliphatic heterocycles. The second kappa shape index (κ2) is 7.83. The van der Waals surface area contributed by atoms with E-state index >= 15 is 0 Å². The monoisotopic (exact) mass is 382 g/mol. The summed E-state index contributed by atoms with van der Waals surface area (Å²) in [6.07, 6.45) is 3.06. The molecule has 2 heterocycles. The van der Waals surface area contributed by atoms with Crippen molar-refractivity contribution in [1.82, 2.24) is 19.2 Å². The smallest absolute Gasteiger partial charge is 0.260 e. The van der Waals surface area contributed by atoms with E-state index in [0.717, 1.165) is 0 Å². The summed E-state index contributed by atoms with van der Waals surface area (Å²) >= 11 is 0. The van der Waals surface area contributed by atoms with Crippen LogP contribution in [-0.4, -0.2) is 66.3 Å². The second-order valence-electron chi connectivity index (χ2n) is 5.77. The van der Waals surface area contributed by atoms with Gasteiger partial charge in [0, 0.05) is 26.2 Å². The number of ether oxygens (including phenoxy) is 1. The van der Waals surface area contributed by atoms with Crippen molar-refractivity contribution < 1.29 is 22.3 Å². The topological polar surface area (TPSA) is 95.6 Å². The molecule has 0 atom stereocenters. The van der Waals surface area contributed by atoms with E-state index in [4.69, 9.17) is 4.74 Å². The Bertz CT molecular complexity index is 857. The van der Waals surface area contributed by atoms with Crippen LogP contribution in [0.4, 0.5) is 4.39 Å². The molecular weight excluding hydrogens is 363 g/mol. The quantitative estimate of drug-likeness (QED) is 0.827. The van der Waals surface area contributed by atoms with Gasteiger partial charge >= 0.3 is 0 Å². The highest BCUT2D eigenvalue weighted by molar-refractivity contribution is 7.89. The summed E-state index contributed by atoms with van der Waals surface area (Å²) < 4.78 is 45.1. The van der Waals surface area contributed by atoms with E-state index in [9.17, 15) is 17.6 Å². The molecule has 26 heavy (non-hydrogen) atoms. The highest BCUT2D eigenvalue weighted by Crippen LogP contribution is 2.17. The zero-order chi connectivity index (χ0) is 18.6. The molecule has 8 nitrogen and oxygen atoms in total. The van der Waals surface area contributed by atoms with Crippen molar-refractivity contribution >= 4 is 15.9 Å². The summed E-state index contributed by atoms with van der Waals surface area (Å²) in [4.78, 5) is 20.2. The van der Waals surface area contributed by atoms with E-state index in [1.165, 1.54) is 39.9 Å². The molecule has 0 radical (unpaired) electrons. The van der Waals surface area contributed by atoms with Crippen LogP contribution in [0.25, 0.3) is 0 Å². The predicted octanol–water partition coefficient (Wildman–Crippen LogP) is 0.851. The van der Waals surface area contributed by atoms with Crippen molar-refractivity contribution in [1.29, 1.82) is 0 Å². The molecule has 0 spiro atoms. The average Bonchev–Trinajstić information content (AvgIpc) is 3.06. The first-order valence-corrected chi connectivity index (χ1v) is 9.56. The number of sulfonamides is 1. The number of nitrogens with zero attached hydrogens (tertiary/aromatic N) is 3. The molecule has 1 N–H and O–H groups in total. The van der Waals surface area contributed by atoms with Crippen LogP contribution in [0.5, 0.6) is 5.75 Å². The number of amides is 1. The minimum atomic E-state index is -3.66. The molecule has 0 saturated carbocycles. The Hall–Kier alpha value is -2.46. The third-order valence-electron chi connectivity index (χ3n) is 4.09. The number of H-pyrrole nitrogens is 1. The highest BCUT2D eigenvalue weighted by atomic mass is 32.2. The van der Waals surface area contributed by atoms with Crippen molar-refractivity contribution in [3.05, 3.63) is 42.6 Å². The fourth-order valence-corrected chi connectivity index (χ4v) is 4.06. The second-order valence-corrected chi connectivity index (χ2v) is 7.68. The Morgan fingerprint density at radius 3 is 2.77 bits per heavy atom. The van der Waals surface area contributed by atoms with E-state index < -0.39 is 15.8 Å². The van der Waals surface area contributed by atoms with Gasteiger partial charge in [-0.3, -0.25) is 4.79 Å². The molecule has 1 fully saturated rings. The number of rotatable bonds is 5. The standard InChI is InChI=1S/C16H19FN4O4S/c17-13-4-1-2-5-14(13)25-11-16(22)20-6-3-7-21(9-8-20)26(23,24)15-10-18-12-19-15/h1-2,4-5,10,12H,3,6-9,11H2,(H,18,19). The fraction of sp³-hybridized carbons (Fsp3) is 0.375. The molecule has 1 aromatic carbocycles. The lowest BCUT2D eigenvalue weighted by Crippen LogP contribution is -2.39. The van der Waals surface area contributed by atoms with Gasteiger partial charge in [0.15, 0.2) is 23.2 Å². The first-order valence-electron chi connectivity index (χ1n) is 8.12. The van der Waals surface area contributed by atoms with Gasteiger partial charge in [0.1, 0.15) is 0 Å². The summed E-state index contributed by atoms with van der Waals surface area (Å²) in [5.74, 6) is -0.832. The van der Waals surface area contributed by atoms with Gasteiger partial charge in [-0.2, -0.15) is 4.31 Å². The third kappa shape index (κ3) is 4.02. The van der Waals surface area contributed by atoms with Crippen molar-refractivity contribution in [2.45, 2.75) is 11.4 Å². The Morgan fingerprint density at radius 1 is 1.23 bits per heavy atom. The largest absolute Gasteiger partial charge is 0.481 e. The summed E-state index contributed by atoms with van der Waals surface area (Å²) in [6.45, 7) is 0.835. The Morgan fingerprint density at radius 2 is 2.04 bits per heavy atom. The van der Waals surface area contributed by atoms with Crippen LogP contribution in [0.15, 0.2) is 41.8 Å². The average molecular weight is 382 g/mol. The zero-order valence-electron chi connectivity index (χ0n) is 14.0. The fourth-order valence-electron chi connectivity index (χ4n) is 2.70. The van der Waals surface area contributed by atoms with E-state index in [-0.39, 0.29) is 36.4 Å². The lowest BCUT2D eigenvalue weighted by atomic mass is 10.3. The summed E-state index contributed by atoms with van der Waals surface area (Å²) in [6, 6.07) is 5.86. The molecule has 3 rings (SSSR count). The molecule has 10 heteroatoms. The van der Waals surface area contributed by atoms with Gasteiger partial charge in [0.05, 0.1) is 12.5 Å². The number of halogens is 1. The van der Waals surface area contributed by atoms with Crippen LogP contribution in [0.1, 0.15) is 6.42 Å². The number of benzene rings is 1.